The predicted octanol–water partition coefficient (Wildman–Crippen LogP) is 5.83. The molecule has 260 valence electrons. The zero-order chi connectivity index (χ0) is 34.9. The standard InChI is InChI=1S/C39H41N9O3/c40-37-30(22-31(44-45-37)28-9-4-6-12-34(28)49)26-23-42-47(24-26)27-16-20-46(21-17-27)19-7-1-2-8-25-15-18-41-38-36(25)29-10-3-5-11-32(29)48(38)33-13-14-35(50)43-39(33)51/h3-6,9-12,15,18,22-24,27,33,49H,1-2,7-8,13-14,16-17,19-21H2,(H2,40,45)(H,43,50,51). The second kappa shape index (κ2) is 13.9. The molecule has 4 aromatic heterocycles. The molecule has 0 spiro atoms. The first kappa shape index (κ1) is 32.6. The highest BCUT2D eigenvalue weighted by Gasteiger charge is 2.31. The Morgan fingerprint density at radius 2 is 1.75 bits per heavy atom. The van der Waals surface area contributed by atoms with Gasteiger partial charge in [0.2, 0.25) is 11.8 Å². The van der Waals surface area contributed by atoms with E-state index < -0.39 is 6.04 Å². The molecule has 6 heterocycles. The number of nitrogens with one attached hydrogen (secondary N) is 1. The zero-order valence-corrected chi connectivity index (χ0v) is 28.4. The topological polar surface area (TPSA) is 157 Å². The van der Waals surface area contributed by atoms with Gasteiger partial charge >= 0.3 is 0 Å². The summed E-state index contributed by atoms with van der Waals surface area (Å²) in [5.41, 5.74) is 12.1. The summed E-state index contributed by atoms with van der Waals surface area (Å²) >= 11 is 0. The van der Waals surface area contributed by atoms with Gasteiger partial charge in [0.15, 0.2) is 5.82 Å². The summed E-state index contributed by atoms with van der Waals surface area (Å²) in [7, 11) is 0. The molecule has 12 nitrogen and oxygen atoms in total. The Labute approximate surface area is 295 Å². The van der Waals surface area contributed by atoms with E-state index in [4.69, 9.17) is 15.8 Å². The Bertz CT molecular complexity index is 2230. The molecule has 12 heteroatoms. The molecule has 2 saturated heterocycles. The molecule has 2 amide bonds. The van der Waals surface area contributed by atoms with Crippen LogP contribution in [-0.4, -0.2) is 71.0 Å². The largest absolute Gasteiger partial charge is 0.507 e. The lowest BCUT2D eigenvalue weighted by molar-refractivity contribution is -0.135. The molecule has 1 atom stereocenters. The van der Waals surface area contributed by atoms with E-state index in [2.05, 4.69) is 37.2 Å². The fourth-order valence-corrected chi connectivity index (χ4v) is 7.79. The second-order valence-corrected chi connectivity index (χ2v) is 13.7. The van der Waals surface area contributed by atoms with Gasteiger partial charge in [0.05, 0.1) is 23.4 Å². The zero-order valence-electron chi connectivity index (χ0n) is 28.4. The molecular formula is C39H41N9O3. The molecule has 1 unspecified atom stereocenters. The predicted molar refractivity (Wildman–Crippen MR) is 196 cm³/mol. The number of carbonyl (C=O) groups is 2. The SMILES string of the molecule is Nc1nnc(-c2ccccc2O)cc1-c1cnn(C2CCN(CCCCCc3ccnc4c3c3ccccc3n4C3CCC(=O)NC3=O)CC2)c1. The van der Waals surface area contributed by atoms with E-state index in [9.17, 15) is 14.7 Å². The number of para-hydroxylation sites is 2. The van der Waals surface area contributed by atoms with Crippen molar-refractivity contribution in [3.05, 3.63) is 84.8 Å². The molecule has 0 saturated carbocycles. The third-order valence-corrected chi connectivity index (χ3v) is 10.5. The van der Waals surface area contributed by atoms with Crippen molar-refractivity contribution in [3.8, 4) is 28.1 Å². The number of anilines is 1. The first-order chi connectivity index (χ1) is 24.9. The number of hydrogen-bond donors (Lipinski definition) is 3. The van der Waals surface area contributed by atoms with E-state index in [0.29, 0.717) is 36.0 Å². The van der Waals surface area contributed by atoms with E-state index in [1.807, 2.05) is 59.6 Å². The molecule has 0 bridgehead atoms. The van der Waals surface area contributed by atoms with Gasteiger partial charge in [0, 0.05) is 59.4 Å². The molecule has 2 fully saturated rings. The second-order valence-electron chi connectivity index (χ2n) is 13.7. The monoisotopic (exact) mass is 683 g/mol. The highest BCUT2D eigenvalue weighted by atomic mass is 16.3. The van der Waals surface area contributed by atoms with Crippen molar-refractivity contribution in [1.82, 2.24) is 39.7 Å². The number of amides is 2. The lowest BCUT2D eigenvalue weighted by atomic mass is 10.0. The van der Waals surface area contributed by atoms with Crippen LogP contribution in [0.15, 0.2) is 79.3 Å². The average Bonchev–Trinajstić information content (AvgIpc) is 3.77. The maximum absolute atomic E-state index is 12.9. The maximum atomic E-state index is 12.9. The Hall–Kier alpha value is -5.62. The van der Waals surface area contributed by atoms with Gasteiger partial charge in [0.25, 0.3) is 0 Å². The highest BCUT2D eigenvalue weighted by Crippen LogP contribution is 2.36. The van der Waals surface area contributed by atoms with Crippen molar-refractivity contribution in [2.75, 3.05) is 25.4 Å². The van der Waals surface area contributed by atoms with Crippen LogP contribution in [0.25, 0.3) is 44.3 Å². The third-order valence-electron chi connectivity index (χ3n) is 10.5. The van der Waals surface area contributed by atoms with Gasteiger partial charge < -0.3 is 20.3 Å². The molecule has 6 aromatic rings. The molecule has 4 N–H and O–H groups in total. The van der Waals surface area contributed by atoms with E-state index in [1.165, 1.54) is 5.56 Å². The maximum Gasteiger partial charge on any atom is 0.249 e. The van der Waals surface area contributed by atoms with Gasteiger partial charge in [-0.05, 0) is 81.0 Å². The third kappa shape index (κ3) is 6.43. The molecule has 2 aliphatic rings. The Morgan fingerprint density at radius 1 is 0.922 bits per heavy atom. The Morgan fingerprint density at radius 3 is 2.59 bits per heavy atom. The van der Waals surface area contributed by atoms with Crippen LogP contribution in [0.4, 0.5) is 5.82 Å². The molecule has 0 radical (unpaired) electrons. The number of nitrogens with two attached hydrogens (primary N) is 1. The quantitative estimate of drug-likeness (QED) is 0.119. The molecule has 8 rings (SSSR count). The first-order valence-electron chi connectivity index (χ1n) is 17.8. The number of hydrogen-bond acceptors (Lipinski definition) is 9. The molecule has 0 aliphatic carbocycles. The average molecular weight is 684 g/mol. The van der Waals surface area contributed by atoms with Crippen LogP contribution in [0, 0.1) is 0 Å². The van der Waals surface area contributed by atoms with Gasteiger partial charge in [-0.3, -0.25) is 19.6 Å². The number of likely N-dealkylation sites (tertiary alicyclic amines) is 1. The lowest BCUT2D eigenvalue weighted by Crippen LogP contribution is -2.41. The van der Waals surface area contributed by atoms with Gasteiger partial charge in [-0.25, -0.2) is 4.98 Å². The summed E-state index contributed by atoms with van der Waals surface area (Å²) in [5.74, 6) is 0.00504. The number of piperidine rings is 2. The number of benzene rings is 2. The van der Waals surface area contributed by atoms with Gasteiger partial charge in [0.1, 0.15) is 17.4 Å². The van der Waals surface area contributed by atoms with E-state index >= 15 is 0 Å². The summed E-state index contributed by atoms with van der Waals surface area (Å²) in [5, 5.41) is 28.1. The number of aryl methyl sites for hydroxylation is 1. The summed E-state index contributed by atoms with van der Waals surface area (Å²) in [4.78, 5) is 32.0. The van der Waals surface area contributed by atoms with Crippen LogP contribution < -0.4 is 11.1 Å². The van der Waals surface area contributed by atoms with E-state index in [1.54, 1.807) is 12.1 Å². The number of nitrogens with zero attached hydrogens (tertiary/aromatic N) is 7. The number of aromatic nitrogens is 6. The van der Waals surface area contributed by atoms with Crippen molar-refractivity contribution in [2.24, 2.45) is 0 Å². The van der Waals surface area contributed by atoms with Crippen molar-refractivity contribution in [2.45, 2.75) is 63.5 Å². The molecular weight excluding hydrogens is 642 g/mol. The number of carbonyl (C=O) groups excluding carboxylic acids is 2. The van der Waals surface area contributed by atoms with E-state index in [0.717, 1.165) is 91.2 Å². The van der Waals surface area contributed by atoms with Gasteiger partial charge in [-0.1, -0.05) is 36.8 Å². The number of imide groups is 1. The van der Waals surface area contributed by atoms with Gasteiger partial charge in [-0.2, -0.15) is 5.10 Å². The van der Waals surface area contributed by atoms with E-state index in [-0.39, 0.29) is 17.6 Å². The fraction of sp³-hybridized carbons (Fsp3) is 0.333. The van der Waals surface area contributed by atoms with Crippen LogP contribution in [0.2, 0.25) is 0 Å². The van der Waals surface area contributed by atoms with Crippen molar-refractivity contribution >= 4 is 39.6 Å². The number of phenols is 1. The number of aromatic hydroxyl groups is 1. The van der Waals surface area contributed by atoms with Crippen LogP contribution in [0.5, 0.6) is 5.75 Å². The fourth-order valence-electron chi connectivity index (χ4n) is 7.79. The normalized spacial score (nSPS) is 17.4. The number of rotatable bonds is 10. The number of nitrogen functional groups attached to an aromatic ring is 1. The molecule has 51 heavy (non-hydrogen) atoms. The number of fused-ring (bicyclic) bond motifs is 3. The minimum atomic E-state index is -0.450. The van der Waals surface area contributed by atoms with Crippen molar-refractivity contribution in [3.63, 3.8) is 0 Å². The number of phenolic OH excluding ortho intramolecular Hbond substituents is 1. The van der Waals surface area contributed by atoms with Crippen LogP contribution in [0.3, 0.4) is 0 Å². The van der Waals surface area contributed by atoms with Gasteiger partial charge in [-0.15, -0.1) is 10.2 Å². The lowest BCUT2D eigenvalue weighted by Gasteiger charge is -2.32. The first-order valence-corrected chi connectivity index (χ1v) is 17.8. The number of pyridine rings is 1. The van der Waals surface area contributed by atoms with Crippen LogP contribution in [-0.2, 0) is 16.0 Å². The summed E-state index contributed by atoms with van der Waals surface area (Å²) < 4.78 is 4.09. The summed E-state index contributed by atoms with van der Waals surface area (Å²) in [6, 6.07) is 19.1. The minimum Gasteiger partial charge on any atom is -0.507 e. The van der Waals surface area contributed by atoms with Crippen LogP contribution in [0.1, 0.15) is 62.6 Å². The van der Waals surface area contributed by atoms with Crippen molar-refractivity contribution < 1.29 is 14.7 Å². The summed E-state index contributed by atoms with van der Waals surface area (Å²) in [6.07, 6.45) is 12.9. The summed E-state index contributed by atoms with van der Waals surface area (Å²) in [6.45, 7) is 3.13. The number of unbranched alkanes of at least 4 members (excludes halogenated alkanes) is 2. The molecule has 2 aromatic carbocycles. The van der Waals surface area contributed by atoms with Crippen LogP contribution >= 0.6 is 0 Å². The van der Waals surface area contributed by atoms with Crippen molar-refractivity contribution in [1.29, 1.82) is 0 Å². The minimum absolute atomic E-state index is 0.146. The smallest absolute Gasteiger partial charge is 0.249 e. The highest BCUT2D eigenvalue weighted by molar-refractivity contribution is 6.10. The Kier molecular flexibility index (Phi) is 8.91. The molecule has 2 aliphatic heterocycles. The Balaban J connectivity index is 0.857.